The van der Waals surface area contributed by atoms with Crippen LogP contribution in [0.15, 0.2) is 28.3 Å². The van der Waals surface area contributed by atoms with Crippen molar-refractivity contribution in [2.24, 2.45) is 0 Å². The van der Waals surface area contributed by atoms with E-state index < -0.39 is 11.2 Å². The van der Waals surface area contributed by atoms with Crippen LogP contribution in [0.25, 0.3) is 0 Å². The molecule has 1 N–H and O–H groups in total. The van der Waals surface area contributed by atoms with Gasteiger partial charge in [-0.2, -0.15) is 0 Å². The largest absolute Gasteiger partial charge is 0.330 e. The third-order valence-electron chi connectivity index (χ3n) is 2.60. The molecule has 2 aromatic heterocycles. The summed E-state index contributed by atoms with van der Waals surface area (Å²) in [7, 11) is 0. The van der Waals surface area contributed by atoms with Gasteiger partial charge in [-0.3, -0.25) is 14.3 Å². The second-order valence-corrected chi connectivity index (χ2v) is 4.66. The summed E-state index contributed by atoms with van der Waals surface area (Å²) in [5, 5.41) is -0.00906. The van der Waals surface area contributed by atoms with Crippen LogP contribution in [-0.4, -0.2) is 19.1 Å². The van der Waals surface area contributed by atoms with Crippen LogP contribution in [0.3, 0.4) is 0 Å². The van der Waals surface area contributed by atoms with E-state index in [4.69, 9.17) is 11.6 Å². The Kier molecular flexibility index (Phi) is 3.38. The van der Waals surface area contributed by atoms with Crippen LogP contribution >= 0.6 is 11.6 Å². The monoisotopic (exact) mass is 268 g/mol. The van der Waals surface area contributed by atoms with E-state index in [1.165, 1.54) is 10.8 Å². The number of imidazole rings is 1. The molecule has 0 unspecified atom stereocenters. The molecule has 0 atom stereocenters. The summed E-state index contributed by atoms with van der Waals surface area (Å²) < 4.78 is 3.30. The Morgan fingerprint density at radius 1 is 1.44 bits per heavy atom. The van der Waals surface area contributed by atoms with Crippen molar-refractivity contribution in [1.29, 1.82) is 0 Å². The summed E-state index contributed by atoms with van der Waals surface area (Å²) in [4.78, 5) is 29.0. The third kappa shape index (κ3) is 2.38. The van der Waals surface area contributed by atoms with Crippen molar-refractivity contribution in [2.45, 2.75) is 26.4 Å². The summed E-state index contributed by atoms with van der Waals surface area (Å²) in [6.07, 6.45) is 4.73. The van der Waals surface area contributed by atoms with E-state index in [1.807, 2.05) is 18.4 Å². The molecule has 7 heteroatoms. The van der Waals surface area contributed by atoms with Gasteiger partial charge in [-0.25, -0.2) is 9.78 Å². The first-order valence-corrected chi connectivity index (χ1v) is 5.87. The van der Waals surface area contributed by atoms with Crippen molar-refractivity contribution < 1.29 is 0 Å². The number of hydrogen-bond acceptors (Lipinski definition) is 3. The molecular weight excluding hydrogens is 256 g/mol. The third-order valence-corrected chi connectivity index (χ3v) is 2.87. The van der Waals surface area contributed by atoms with E-state index in [0.717, 1.165) is 5.69 Å². The molecule has 0 aromatic carbocycles. The fourth-order valence-corrected chi connectivity index (χ4v) is 1.86. The van der Waals surface area contributed by atoms with Gasteiger partial charge in [-0.1, -0.05) is 11.6 Å². The van der Waals surface area contributed by atoms with Gasteiger partial charge in [0.25, 0.3) is 5.56 Å². The van der Waals surface area contributed by atoms with E-state index in [0.29, 0.717) is 6.54 Å². The van der Waals surface area contributed by atoms with Crippen molar-refractivity contribution in [1.82, 2.24) is 19.1 Å². The summed E-state index contributed by atoms with van der Waals surface area (Å²) in [5.74, 6) is 0. The predicted octanol–water partition coefficient (Wildman–Crippen LogP) is 1.02. The number of halogens is 1. The number of aromatic amines is 1. The van der Waals surface area contributed by atoms with E-state index in [2.05, 4.69) is 9.97 Å². The van der Waals surface area contributed by atoms with E-state index in [9.17, 15) is 9.59 Å². The average Bonchev–Trinajstić information content (AvgIpc) is 2.74. The molecule has 2 heterocycles. The van der Waals surface area contributed by atoms with Crippen molar-refractivity contribution in [2.75, 3.05) is 0 Å². The zero-order chi connectivity index (χ0) is 13.3. The predicted molar refractivity (Wildman–Crippen MR) is 68.0 cm³/mol. The quantitative estimate of drug-likeness (QED) is 0.903. The molecule has 0 amide bonds. The van der Waals surface area contributed by atoms with E-state index in [1.54, 1.807) is 12.5 Å². The first kappa shape index (κ1) is 12.6. The SMILES string of the molecule is CC(C)n1cncc1Cn1cc(Cl)c(=O)[nH]c1=O. The molecule has 0 saturated carbocycles. The van der Waals surface area contributed by atoms with Gasteiger partial charge >= 0.3 is 5.69 Å². The lowest BCUT2D eigenvalue weighted by molar-refractivity contribution is 0.555. The van der Waals surface area contributed by atoms with Gasteiger partial charge in [0.15, 0.2) is 0 Å². The van der Waals surface area contributed by atoms with Crippen LogP contribution in [0, 0.1) is 0 Å². The second-order valence-electron chi connectivity index (χ2n) is 4.25. The molecule has 0 aliphatic heterocycles. The number of hydrogen-bond donors (Lipinski definition) is 1. The number of aromatic nitrogens is 4. The van der Waals surface area contributed by atoms with Crippen molar-refractivity contribution >= 4 is 11.6 Å². The molecule has 18 heavy (non-hydrogen) atoms. The van der Waals surface area contributed by atoms with Crippen LogP contribution in [-0.2, 0) is 6.54 Å². The topological polar surface area (TPSA) is 72.7 Å². The van der Waals surface area contributed by atoms with Crippen LogP contribution in [0.2, 0.25) is 5.02 Å². The van der Waals surface area contributed by atoms with Gasteiger partial charge in [0, 0.05) is 18.4 Å². The maximum absolute atomic E-state index is 11.6. The fraction of sp³-hybridized carbons (Fsp3) is 0.364. The van der Waals surface area contributed by atoms with Crippen molar-refractivity contribution in [3.63, 3.8) is 0 Å². The Balaban J connectivity index is 2.40. The highest BCUT2D eigenvalue weighted by molar-refractivity contribution is 6.30. The highest BCUT2D eigenvalue weighted by atomic mass is 35.5. The van der Waals surface area contributed by atoms with Crippen LogP contribution < -0.4 is 11.2 Å². The lowest BCUT2D eigenvalue weighted by atomic mass is 10.3. The summed E-state index contributed by atoms with van der Waals surface area (Å²) in [6.45, 7) is 4.36. The molecular formula is C11H13ClN4O2. The normalized spacial score (nSPS) is 11.1. The minimum Gasteiger partial charge on any atom is -0.330 e. The van der Waals surface area contributed by atoms with Gasteiger partial charge in [-0.05, 0) is 13.8 Å². The second kappa shape index (κ2) is 4.81. The van der Waals surface area contributed by atoms with E-state index in [-0.39, 0.29) is 11.1 Å². The highest BCUT2D eigenvalue weighted by Crippen LogP contribution is 2.09. The number of nitrogens with zero attached hydrogens (tertiary/aromatic N) is 3. The Bertz CT molecular complexity index is 668. The number of nitrogens with one attached hydrogen (secondary N) is 1. The molecule has 6 nitrogen and oxygen atoms in total. The summed E-state index contributed by atoms with van der Waals surface area (Å²) in [5.41, 5.74) is -0.189. The van der Waals surface area contributed by atoms with Crippen molar-refractivity contribution in [3.05, 3.63) is 50.3 Å². The molecule has 0 saturated heterocycles. The minimum atomic E-state index is -0.574. The average molecular weight is 269 g/mol. The number of rotatable bonds is 3. The molecule has 0 aliphatic rings. The van der Waals surface area contributed by atoms with E-state index >= 15 is 0 Å². The molecule has 2 aromatic rings. The molecule has 0 spiro atoms. The Labute approximate surface area is 108 Å². The lowest BCUT2D eigenvalue weighted by Crippen LogP contribution is -2.30. The van der Waals surface area contributed by atoms with Crippen LogP contribution in [0.4, 0.5) is 0 Å². The van der Waals surface area contributed by atoms with Gasteiger partial charge in [-0.15, -0.1) is 0 Å². The van der Waals surface area contributed by atoms with Crippen LogP contribution in [0.1, 0.15) is 25.6 Å². The van der Waals surface area contributed by atoms with Crippen LogP contribution in [0.5, 0.6) is 0 Å². The standard InChI is InChI=1S/C11H13ClN4O2/c1-7(2)16-6-13-3-8(16)4-15-5-9(12)10(17)14-11(15)18/h3,5-7H,4H2,1-2H3,(H,14,17,18). The summed E-state index contributed by atoms with van der Waals surface area (Å²) >= 11 is 5.70. The molecule has 96 valence electrons. The molecule has 0 aliphatic carbocycles. The smallest absolute Gasteiger partial charge is 0.328 e. The molecule has 0 fully saturated rings. The van der Waals surface area contributed by atoms with Gasteiger partial charge in [0.2, 0.25) is 0 Å². The zero-order valence-corrected chi connectivity index (χ0v) is 10.8. The number of H-pyrrole nitrogens is 1. The maximum Gasteiger partial charge on any atom is 0.328 e. The lowest BCUT2D eigenvalue weighted by Gasteiger charge is -2.12. The molecule has 2 rings (SSSR count). The first-order chi connectivity index (χ1) is 8.49. The van der Waals surface area contributed by atoms with Gasteiger partial charge in [0.05, 0.1) is 18.6 Å². The highest BCUT2D eigenvalue weighted by Gasteiger charge is 2.08. The van der Waals surface area contributed by atoms with Gasteiger partial charge in [0.1, 0.15) is 5.02 Å². The van der Waals surface area contributed by atoms with Crippen molar-refractivity contribution in [3.8, 4) is 0 Å². The van der Waals surface area contributed by atoms with Gasteiger partial charge < -0.3 is 4.57 Å². The molecule has 0 radical (unpaired) electrons. The maximum atomic E-state index is 11.6. The Morgan fingerprint density at radius 2 is 2.17 bits per heavy atom. The first-order valence-electron chi connectivity index (χ1n) is 5.49. The molecule has 0 bridgehead atoms. The minimum absolute atomic E-state index is 0.00906. The zero-order valence-electron chi connectivity index (χ0n) is 10.1. The Morgan fingerprint density at radius 3 is 2.83 bits per heavy atom. The Hall–Kier alpha value is -1.82. The fourth-order valence-electron chi connectivity index (χ4n) is 1.69. The summed E-state index contributed by atoms with van der Waals surface area (Å²) in [6, 6.07) is 0.247.